The van der Waals surface area contributed by atoms with Crippen LogP contribution in [0.2, 0.25) is 0 Å². The molecule has 1 heterocycles. The van der Waals surface area contributed by atoms with Crippen LogP contribution in [0.1, 0.15) is 64.2 Å². The lowest BCUT2D eigenvalue weighted by Gasteiger charge is -2.08. The average molecular weight is 288 g/mol. The van der Waals surface area contributed by atoms with Crippen molar-refractivity contribution >= 4 is 11.1 Å². The first-order valence-electron chi connectivity index (χ1n) is 8.39. The van der Waals surface area contributed by atoms with Gasteiger partial charge in [0.05, 0.1) is 0 Å². The van der Waals surface area contributed by atoms with E-state index in [0.717, 1.165) is 29.8 Å². The van der Waals surface area contributed by atoms with E-state index in [1.165, 1.54) is 44.9 Å². The molecular weight excluding hydrogens is 260 g/mol. The molecule has 1 unspecified atom stereocenters. The van der Waals surface area contributed by atoms with Crippen LogP contribution in [-0.2, 0) is 6.42 Å². The Morgan fingerprint density at radius 1 is 1.05 bits per heavy atom. The van der Waals surface area contributed by atoms with Crippen LogP contribution >= 0.6 is 0 Å². The lowest BCUT2D eigenvalue weighted by Crippen LogP contribution is -2.22. The maximum Gasteiger partial charge on any atom is 0.197 e. The lowest BCUT2D eigenvalue weighted by atomic mass is 10.0. The molecule has 0 amide bonds. The summed E-state index contributed by atoms with van der Waals surface area (Å²) >= 11 is 0. The molecule has 0 bridgehead atoms. The van der Waals surface area contributed by atoms with E-state index in [1.54, 1.807) is 0 Å². The highest BCUT2D eigenvalue weighted by molar-refractivity contribution is 5.72. The van der Waals surface area contributed by atoms with Crippen LogP contribution in [0.5, 0.6) is 0 Å². The van der Waals surface area contributed by atoms with Gasteiger partial charge in [-0.05, 0) is 18.6 Å². The monoisotopic (exact) mass is 288 g/mol. The SMILES string of the molecule is CCCCCCCCCC(N)Cc1nc2ccccc2o1. The van der Waals surface area contributed by atoms with E-state index in [4.69, 9.17) is 10.2 Å². The second kappa shape index (κ2) is 8.83. The molecule has 2 N–H and O–H groups in total. The van der Waals surface area contributed by atoms with E-state index in [2.05, 4.69) is 11.9 Å². The Balaban J connectivity index is 1.64. The molecular formula is C18H28N2O. The first kappa shape index (κ1) is 16.0. The molecule has 1 aromatic carbocycles. The first-order chi connectivity index (χ1) is 10.3. The zero-order valence-electron chi connectivity index (χ0n) is 13.2. The molecule has 116 valence electrons. The van der Waals surface area contributed by atoms with Crippen LogP contribution in [-0.4, -0.2) is 11.0 Å². The summed E-state index contributed by atoms with van der Waals surface area (Å²) in [6, 6.07) is 8.04. The van der Waals surface area contributed by atoms with E-state index < -0.39 is 0 Å². The topological polar surface area (TPSA) is 52.0 Å². The average Bonchev–Trinajstić information content (AvgIpc) is 2.88. The van der Waals surface area contributed by atoms with Crippen molar-refractivity contribution in [2.45, 2.75) is 70.8 Å². The molecule has 0 radical (unpaired) electrons. The summed E-state index contributed by atoms with van der Waals surface area (Å²) < 4.78 is 5.72. The minimum Gasteiger partial charge on any atom is -0.441 e. The maximum atomic E-state index is 6.19. The summed E-state index contributed by atoms with van der Waals surface area (Å²) in [5.74, 6) is 0.770. The van der Waals surface area contributed by atoms with E-state index in [1.807, 2.05) is 24.3 Å². The van der Waals surface area contributed by atoms with Crippen LogP contribution < -0.4 is 5.73 Å². The number of para-hydroxylation sites is 2. The molecule has 0 fully saturated rings. The maximum absolute atomic E-state index is 6.19. The summed E-state index contributed by atoms with van der Waals surface area (Å²) in [7, 11) is 0. The number of fused-ring (bicyclic) bond motifs is 1. The molecule has 3 nitrogen and oxygen atoms in total. The second-order valence-electron chi connectivity index (χ2n) is 5.95. The number of aromatic nitrogens is 1. The predicted molar refractivity (Wildman–Crippen MR) is 88.3 cm³/mol. The quantitative estimate of drug-likeness (QED) is 0.636. The van der Waals surface area contributed by atoms with Gasteiger partial charge in [0.2, 0.25) is 0 Å². The number of hydrogen-bond donors (Lipinski definition) is 1. The number of rotatable bonds is 10. The third-order valence-electron chi connectivity index (χ3n) is 3.95. The van der Waals surface area contributed by atoms with Crippen molar-refractivity contribution in [1.29, 1.82) is 0 Å². The third-order valence-corrected chi connectivity index (χ3v) is 3.95. The van der Waals surface area contributed by atoms with E-state index >= 15 is 0 Å². The van der Waals surface area contributed by atoms with Crippen LogP contribution in [0.15, 0.2) is 28.7 Å². The molecule has 0 aliphatic carbocycles. The van der Waals surface area contributed by atoms with Crippen molar-refractivity contribution in [3.05, 3.63) is 30.2 Å². The van der Waals surface area contributed by atoms with Gasteiger partial charge in [-0.3, -0.25) is 0 Å². The number of nitrogens with two attached hydrogens (primary N) is 1. The van der Waals surface area contributed by atoms with Gasteiger partial charge in [-0.15, -0.1) is 0 Å². The Kier molecular flexibility index (Phi) is 6.74. The Morgan fingerprint density at radius 2 is 1.76 bits per heavy atom. The van der Waals surface area contributed by atoms with Crippen LogP contribution in [0.4, 0.5) is 0 Å². The Bertz CT molecular complexity index is 488. The molecule has 0 spiro atoms. The van der Waals surface area contributed by atoms with Crippen molar-refractivity contribution in [3.63, 3.8) is 0 Å². The molecule has 2 rings (SSSR count). The van der Waals surface area contributed by atoms with E-state index in [9.17, 15) is 0 Å². The van der Waals surface area contributed by atoms with Crippen molar-refractivity contribution in [1.82, 2.24) is 4.98 Å². The largest absolute Gasteiger partial charge is 0.441 e. The Morgan fingerprint density at radius 3 is 2.52 bits per heavy atom. The zero-order valence-corrected chi connectivity index (χ0v) is 13.2. The van der Waals surface area contributed by atoms with Gasteiger partial charge < -0.3 is 10.2 Å². The predicted octanol–water partition coefficient (Wildman–Crippen LogP) is 4.84. The molecule has 2 aromatic rings. The summed E-state index contributed by atoms with van der Waals surface area (Å²) in [5.41, 5.74) is 7.97. The fourth-order valence-electron chi connectivity index (χ4n) is 2.70. The number of hydrogen-bond acceptors (Lipinski definition) is 3. The van der Waals surface area contributed by atoms with Gasteiger partial charge in [-0.2, -0.15) is 0 Å². The number of unbranched alkanes of at least 4 members (excludes halogenated alkanes) is 6. The van der Waals surface area contributed by atoms with E-state index in [-0.39, 0.29) is 6.04 Å². The smallest absolute Gasteiger partial charge is 0.197 e. The van der Waals surface area contributed by atoms with Gasteiger partial charge in [-0.1, -0.05) is 64.0 Å². The molecule has 0 aliphatic rings. The summed E-state index contributed by atoms with van der Waals surface area (Å²) in [5, 5.41) is 0. The molecule has 0 saturated carbocycles. The van der Waals surface area contributed by atoms with Crippen molar-refractivity contribution in [3.8, 4) is 0 Å². The van der Waals surface area contributed by atoms with Crippen molar-refractivity contribution < 1.29 is 4.42 Å². The second-order valence-corrected chi connectivity index (χ2v) is 5.95. The minimum atomic E-state index is 0.161. The Hall–Kier alpha value is -1.35. The molecule has 21 heavy (non-hydrogen) atoms. The highest BCUT2D eigenvalue weighted by atomic mass is 16.3. The normalized spacial score (nSPS) is 12.9. The van der Waals surface area contributed by atoms with Crippen molar-refractivity contribution in [2.75, 3.05) is 0 Å². The van der Waals surface area contributed by atoms with Gasteiger partial charge >= 0.3 is 0 Å². The Labute approximate surface area is 127 Å². The molecule has 1 aromatic heterocycles. The van der Waals surface area contributed by atoms with Gasteiger partial charge in [0.1, 0.15) is 5.52 Å². The van der Waals surface area contributed by atoms with Gasteiger partial charge in [0, 0.05) is 12.5 Å². The number of nitrogens with zero attached hydrogens (tertiary/aromatic N) is 1. The standard InChI is InChI=1S/C18H28N2O/c1-2-3-4-5-6-7-8-11-15(19)14-18-20-16-12-9-10-13-17(16)21-18/h9-10,12-13,15H,2-8,11,14,19H2,1H3. The molecule has 0 saturated heterocycles. The summed E-state index contributed by atoms with van der Waals surface area (Å²) in [6.45, 7) is 2.26. The van der Waals surface area contributed by atoms with Crippen LogP contribution in [0.3, 0.4) is 0 Å². The number of benzene rings is 1. The third kappa shape index (κ3) is 5.50. The fraction of sp³-hybridized carbons (Fsp3) is 0.611. The zero-order chi connectivity index (χ0) is 14.9. The molecule has 3 heteroatoms. The van der Waals surface area contributed by atoms with Crippen LogP contribution in [0.25, 0.3) is 11.1 Å². The highest BCUT2D eigenvalue weighted by Crippen LogP contribution is 2.17. The lowest BCUT2D eigenvalue weighted by molar-refractivity contribution is 0.467. The minimum absolute atomic E-state index is 0.161. The molecule has 1 atom stereocenters. The summed E-state index contributed by atoms with van der Waals surface area (Å²) in [4.78, 5) is 4.48. The van der Waals surface area contributed by atoms with Gasteiger partial charge in [-0.25, -0.2) is 4.98 Å². The van der Waals surface area contributed by atoms with Crippen molar-refractivity contribution in [2.24, 2.45) is 5.73 Å². The highest BCUT2D eigenvalue weighted by Gasteiger charge is 2.10. The number of oxazole rings is 1. The van der Waals surface area contributed by atoms with Gasteiger partial charge in [0.25, 0.3) is 0 Å². The fourth-order valence-corrected chi connectivity index (χ4v) is 2.70. The van der Waals surface area contributed by atoms with Gasteiger partial charge in [0.15, 0.2) is 11.5 Å². The first-order valence-corrected chi connectivity index (χ1v) is 8.39. The van der Waals surface area contributed by atoms with E-state index in [0.29, 0.717) is 0 Å². The summed E-state index contributed by atoms with van der Waals surface area (Å²) in [6.07, 6.45) is 11.1. The van der Waals surface area contributed by atoms with Crippen LogP contribution in [0, 0.1) is 0 Å². The molecule has 0 aliphatic heterocycles.